The molecule has 0 saturated heterocycles. The van der Waals surface area contributed by atoms with E-state index < -0.39 is 12.1 Å². The molecule has 3 atom stereocenters. The minimum absolute atomic E-state index is 0. The highest BCUT2D eigenvalue weighted by Gasteiger charge is 2.22. The van der Waals surface area contributed by atoms with E-state index in [1.54, 1.807) is 6.07 Å². The Bertz CT molecular complexity index is 987. The zero-order valence-corrected chi connectivity index (χ0v) is 20.1. The molecule has 0 saturated carbocycles. The largest absolute Gasteiger partial charge is 0.489 e. The van der Waals surface area contributed by atoms with E-state index in [-0.39, 0.29) is 24.9 Å². The molecule has 178 valence electrons. The van der Waals surface area contributed by atoms with Crippen LogP contribution >= 0.6 is 24.0 Å². The molecule has 0 radical (unpaired) electrons. The summed E-state index contributed by atoms with van der Waals surface area (Å²) in [6.07, 6.45) is 0.421. The van der Waals surface area contributed by atoms with E-state index >= 15 is 0 Å². The number of aliphatic hydroxyl groups excluding tert-OH is 2. The number of hydrogen-bond donors (Lipinski definition) is 3. The van der Waals surface area contributed by atoms with Crippen molar-refractivity contribution in [1.82, 2.24) is 0 Å². The van der Waals surface area contributed by atoms with Crippen LogP contribution < -0.4 is 15.2 Å². The normalized spacial score (nSPS) is 13.5. The van der Waals surface area contributed by atoms with Gasteiger partial charge >= 0.3 is 0 Å². The molecule has 0 aromatic heterocycles. The summed E-state index contributed by atoms with van der Waals surface area (Å²) in [5.74, 6) is 2.00. The lowest BCUT2D eigenvalue weighted by Gasteiger charge is -2.23. The van der Waals surface area contributed by atoms with E-state index in [1.165, 1.54) is 0 Å². The second-order valence-electron chi connectivity index (χ2n) is 7.79. The topological polar surface area (TPSA) is 84.9 Å². The molecular weight excluding hydrogens is 461 g/mol. The van der Waals surface area contributed by atoms with Crippen molar-refractivity contribution < 1.29 is 19.7 Å². The molecule has 0 spiro atoms. The highest BCUT2D eigenvalue weighted by molar-refractivity contribution is 6.31. The average Bonchev–Trinajstić information content (AvgIpc) is 2.82. The van der Waals surface area contributed by atoms with Crippen LogP contribution in [0.25, 0.3) is 0 Å². The van der Waals surface area contributed by atoms with Gasteiger partial charge in [-0.2, -0.15) is 0 Å². The van der Waals surface area contributed by atoms with Gasteiger partial charge < -0.3 is 25.4 Å². The van der Waals surface area contributed by atoms with E-state index in [9.17, 15) is 5.11 Å². The fraction of sp³-hybridized carbons (Fsp3) is 0.308. The molecular formula is C26H31Cl2NO4. The van der Waals surface area contributed by atoms with Crippen LogP contribution in [0.5, 0.6) is 17.2 Å². The van der Waals surface area contributed by atoms with Gasteiger partial charge in [-0.3, -0.25) is 0 Å². The fourth-order valence-corrected chi connectivity index (χ4v) is 3.83. The van der Waals surface area contributed by atoms with Crippen LogP contribution in [0.4, 0.5) is 0 Å². The number of aliphatic hydroxyl groups is 2. The van der Waals surface area contributed by atoms with Crippen molar-refractivity contribution in [3.8, 4) is 17.2 Å². The predicted octanol–water partition coefficient (Wildman–Crippen LogP) is 5.70. The van der Waals surface area contributed by atoms with Gasteiger partial charge in [0.2, 0.25) is 0 Å². The summed E-state index contributed by atoms with van der Waals surface area (Å²) in [6.45, 7) is 2.25. The Morgan fingerprint density at radius 1 is 0.939 bits per heavy atom. The van der Waals surface area contributed by atoms with Crippen molar-refractivity contribution in [3.05, 3.63) is 88.9 Å². The summed E-state index contributed by atoms with van der Waals surface area (Å²) in [5.41, 5.74) is 7.77. The maximum atomic E-state index is 10.2. The minimum Gasteiger partial charge on any atom is -0.489 e. The lowest BCUT2D eigenvalue weighted by molar-refractivity contribution is 0.0946. The number of benzene rings is 3. The third-order valence-corrected chi connectivity index (χ3v) is 5.75. The van der Waals surface area contributed by atoms with Crippen LogP contribution in [-0.2, 0) is 6.61 Å². The first-order valence-electron chi connectivity index (χ1n) is 10.8. The molecule has 0 amide bonds. The number of nitrogens with two attached hydrogens (primary N) is 1. The molecule has 7 heteroatoms. The maximum Gasteiger partial charge on any atom is 0.131 e. The number of hydrogen-bond acceptors (Lipinski definition) is 5. The van der Waals surface area contributed by atoms with Crippen LogP contribution in [0.15, 0.2) is 72.8 Å². The van der Waals surface area contributed by atoms with Crippen molar-refractivity contribution in [3.63, 3.8) is 0 Å². The quantitative estimate of drug-likeness (QED) is 0.320. The van der Waals surface area contributed by atoms with Crippen LogP contribution in [0.2, 0.25) is 5.02 Å². The molecule has 0 heterocycles. The van der Waals surface area contributed by atoms with Crippen LogP contribution in [0.1, 0.15) is 36.8 Å². The van der Waals surface area contributed by atoms with Crippen molar-refractivity contribution in [2.24, 2.45) is 5.73 Å². The highest BCUT2D eigenvalue weighted by Crippen LogP contribution is 2.35. The Kier molecular flexibility index (Phi) is 11.0. The van der Waals surface area contributed by atoms with Gasteiger partial charge in [-0.15, -0.1) is 12.4 Å². The molecule has 0 bridgehead atoms. The number of ether oxygens (including phenoxy) is 2. The van der Waals surface area contributed by atoms with Crippen molar-refractivity contribution >= 4 is 24.0 Å². The van der Waals surface area contributed by atoms with Crippen molar-refractivity contribution in [2.75, 3.05) is 6.61 Å². The van der Waals surface area contributed by atoms with Gasteiger partial charge in [0.25, 0.3) is 0 Å². The lowest BCUT2D eigenvalue weighted by Crippen LogP contribution is -2.38. The van der Waals surface area contributed by atoms with E-state index in [1.807, 2.05) is 73.7 Å². The van der Waals surface area contributed by atoms with Crippen LogP contribution in [0.3, 0.4) is 0 Å². The van der Waals surface area contributed by atoms with E-state index in [0.29, 0.717) is 35.3 Å². The monoisotopic (exact) mass is 491 g/mol. The molecule has 4 N–H and O–H groups in total. The Balaban J connectivity index is 0.00000385. The molecule has 33 heavy (non-hydrogen) atoms. The summed E-state index contributed by atoms with van der Waals surface area (Å²) in [4.78, 5) is 0. The third kappa shape index (κ3) is 7.91. The summed E-state index contributed by atoms with van der Waals surface area (Å²) in [5, 5.41) is 19.9. The van der Waals surface area contributed by atoms with Crippen LogP contribution in [0, 0.1) is 0 Å². The van der Waals surface area contributed by atoms with Gasteiger partial charge in [0.05, 0.1) is 18.8 Å². The van der Waals surface area contributed by atoms with Gasteiger partial charge in [-0.05, 0) is 54.2 Å². The average molecular weight is 492 g/mol. The molecule has 3 aromatic rings. The van der Waals surface area contributed by atoms with Crippen molar-refractivity contribution in [1.29, 1.82) is 0 Å². The van der Waals surface area contributed by atoms with Gasteiger partial charge in [-0.1, -0.05) is 61.0 Å². The molecule has 3 rings (SSSR count). The summed E-state index contributed by atoms with van der Waals surface area (Å²) in [7, 11) is 0. The first kappa shape index (κ1) is 27.0. The molecule has 0 aliphatic heterocycles. The summed E-state index contributed by atoms with van der Waals surface area (Å²) in [6, 6.07) is 22.3. The van der Waals surface area contributed by atoms with Gasteiger partial charge in [0, 0.05) is 11.1 Å². The zero-order chi connectivity index (χ0) is 22.9. The molecule has 0 fully saturated rings. The lowest BCUT2D eigenvalue weighted by atomic mass is 9.89. The molecule has 3 aromatic carbocycles. The Morgan fingerprint density at radius 2 is 1.64 bits per heavy atom. The van der Waals surface area contributed by atoms with Gasteiger partial charge in [0.15, 0.2) is 0 Å². The van der Waals surface area contributed by atoms with E-state index in [2.05, 4.69) is 0 Å². The SMILES string of the molecule is CCC(CC(O)C(N)CO)c1ccc(Oc2cccc(OCc3ccccc3)c2)cc1Cl.Cl. The minimum atomic E-state index is -0.796. The number of halogens is 2. The Labute approximate surface area is 206 Å². The second-order valence-corrected chi connectivity index (χ2v) is 8.20. The first-order valence-corrected chi connectivity index (χ1v) is 11.2. The highest BCUT2D eigenvalue weighted by atomic mass is 35.5. The molecule has 3 unspecified atom stereocenters. The smallest absolute Gasteiger partial charge is 0.131 e. The van der Waals surface area contributed by atoms with Gasteiger partial charge in [0.1, 0.15) is 23.9 Å². The number of rotatable bonds is 11. The van der Waals surface area contributed by atoms with Crippen molar-refractivity contribution in [2.45, 2.75) is 44.4 Å². The zero-order valence-electron chi connectivity index (χ0n) is 18.6. The Hall–Kier alpha value is -2.28. The van der Waals surface area contributed by atoms with E-state index in [4.69, 9.17) is 31.9 Å². The Morgan fingerprint density at radius 3 is 2.30 bits per heavy atom. The first-order chi connectivity index (χ1) is 15.5. The summed E-state index contributed by atoms with van der Waals surface area (Å²) < 4.78 is 11.9. The summed E-state index contributed by atoms with van der Waals surface area (Å²) >= 11 is 6.55. The third-order valence-electron chi connectivity index (χ3n) is 5.43. The molecule has 5 nitrogen and oxygen atoms in total. The fourth-order valence-electron chi connectivity index (χ4n) is 3.51. The molecule has 0 aliphatic rings. The standard InChI is InChI=1S/C26H30ClNO4.ClH/c1-2-19(13-26(30)25(28)16-29)23-12-11-22(15-24(23)27)32-21-10-6-9-20(14-21)31-17-18-7-4-3-5-8-18;/h3-12,14-15,19,25-26,29-30H,2,13,16-17,28H2,1H3;1H. The van der Waals surface area contributed by atoms with Crippen LogP contribution in [-0.4, -0.2) is 29.0 Å². The maximum absolute atomic E-state index is 10.2. The second kappa shape index (κ2) is 13.4. The molecule has 0 aliphatic carbocycles. The predicted molar refractivity (Wildman–Crippen MR) is 135 cm³/mol. The van der Waals surface area contributed by atoms with Gasteiger partial charge in [-0.25, -0.2) is 0 Å². The van der Waals surface area contributed by atoms with E-state index in [0.717, 1.165) is 17.5 Å².